The molecule has 1 saturated heterocycles. The average Bonchev–Trinajstić information content (AvgIpc) is 2.61. The van der Waals surface area contributed by atoms with Gasteiger partial charge in [0.2, 0.25) is 0 Å². The first-order valence-corrected chi connectivity index (χ1v) is 7.56. The van der Waals surface area contributed by atoms with E-state index in [4.69, 9.17) is 5.26 Å². The van der Waals surface area contributed by atoms with Crippen molar-refractivity contribution in [2.75, 3.05) is 36.0 Å². The summed E-state index contributed by atoms with van der Waals surface area (Å²) in [7, 11) is 0. The number of hydrogen-bond donors (Lipinski definition) is 0. The SMILES string of the molecule is Cc1nc(C(F)F)cc(N2CCN(c3cc(C#N)ccn3)CC2)n1. The van der Waals surface area contributed by atoms with Gasteiger partial charge < -0.3 is 9.80 Å². The Balaban J connectivity index is 1.72. The highest BCUT2D eigenvalue weighted by Crippen LogP contribution is 2.23. The van der Waals surface area contributed by atoms with Crippen LogP contribution in [0.4, 0.5) is 20.4 Å². The van der Waals surface area contributed by atoms with Crippen LogP contribution in [0.3, 0.4) is 0 Å². The molecular formula is C16H16F2N6. The standard InChI is InChI=1S/C16H16F2N6/c1-11-21-13(16(17)18)9-15(22-11)24-6-4-23(5-7-24)14-8-12(10-19)2-3-20-14/h2-3,8-9,16H,4-7H2,1H3. The van der Waals surface area contributed by atoms with Gasteiger partial charge in [-0.05, 0) is 19.1 Å². The summed E-state index contributed by atoms with van der Waals surface area (Å²) >= 11 is 0. The highest BCUT2D eigenvalue weighted by Gasteiger charge is 2.21. The van der Waals surface area contributed by atoms with Crippen LogP contribution >= 0.6 is 0 Å². The van der Waals surface area contributed by atoms with E-state index in [0.717, 1.165) is 5.82 Å². The number of aromatic nitrogens is 3. The summed E-state index contributed by atoms with van der Waals surface area (Å²) < 4.78 is 25.8. The molecule has 0 aliphatic carbocycles. The lowest BCUT2D eigenvalue weighted by Crippen LogP contribution is -2.47. The first-order chi connectivity index (χ1) is 11.6. The molecule has 2 aromatic heterocycles. The minimum Gasteiger partial charge on any atom is -0.353 e. The van der Waals surface area contributed by atoms with E-state index < -0.39 is 6.43 Å². The number of anilines is 2. The first-order valence-electron chi connectivity index (χ1n) is 7.56. The van der Waals surface area contributed by atoms with E-state index in [1.165, 1.54) is 6.07 Å². The summed E-state index contributed by atoms with van der Waals surface area (Å²) in [6, 6.07) is 6.86. The predicted octanol–water partition coefficient (Wildman–Crippen LogP) is 2.32. The molecular weight excluding hydrogens is 314 g/mol. The van der Waals surface area contributed by atoms with Crippen molar-refractivity contribution in [3.63, 3.8) is 0 Å². The van der Waals surface area contributed by atoms with Gasteiger partial charge in [-0.2, -0.15) is 5.26 Å². The molecule has 0 aromatic carbocycles. The van der Waals surface area contributed by atoms with Crippen LogP contribution in [0.5, 0.6) is 0 Å². The van der Waals surface area contributed by atoms with Gasteiger partial charge in [-0.15, -0.1) is 0 Å². The third kappa shape index (κ3) is 3.40. The number of halogens is 2. The van der Waals surface area contributed by atoms with E-state index in [1.54, 1.807) is 25.3 Å². The number of alkyl halides is 2. The fourth-order valence-electron chi connectivity index (χ4n) is 2.67. The lowest BCUT2D eigenvalue weighted by Gasteiger charge is -2.36. The summed E-state index contributed by atoms with van der Waals surface area (Å²) in [5.41, 5.74) is 0.318. The molecule has 0 bridgehead atoms. The highest BCUT2D eigenvalue weighted by molar-refractivity contribution is 5.48. The Labute approximate surface area is 138 Å². The molecule has 3 rings (SSSR count). The summed E-state index contributed by atoms with van der Waals surface area (Å²) in [6.45, 7) is 4.24. The van der Waals surface area contributed by atoms with Crippen molar-refractivity contribution in [3.8, 4) is 6.07 Å². The number of hydrogen-bond acceptors (Lipinski definition) is 6. The highest BCUT2D eigenvalue weighted by atomic mass is 19.3. The van der Waals surface area contributed by atoms with Crippen molar-refractivity contribution in [1.82, 2.24) is 15.0 Å². The van der Waals surface area contributed by atoms with Gasteiger partial charge in [0, 0.05) is 38.4 Å². The molecule has 0 saturated carbocycles. The number of rotatable bonds is 3. The maximum atomic E-state index is 12.9. The summed E-state index contributed by atoms with van der Waals surface area (Å²) in [5, 5.41) is 8.97. The average molecular weight is 330 g/mol. The number of pyridine rings is 1. The summed E-state index contributed by atoms with van der Waals surface area (Å²) in [5.74, 6) is 1.62. The molecule has 0 N–H and O–H groups in total. The monoisotopic (exact) mass is 330 g/mol. The van der Waals surface area contributed by atoms with E-state index in [-0.39, 0.29) is 5.69 Å². The molecule has 6 nitrogen and oxygen atoms in total. The van der Waals surface area contributed by atoms with Crippen LogP contribution < -0.4 is 9.80 Å². The molecule has 8 heteroatoms. The Morgan fingerprint density at radius 2 is 1.75 bits per heavy atom. The van der Waals surface area contributed by atoms with Crippen LogP contribution in [0.2, 0.25) is 0 Å². The Morgan fingerprint density at radius 3 is 2.38 bits per heavy atom. The van der Waals surface area contributed by atoms with Crippen molar-refractivity contribution in [1.29, 1.82) is 5.26 Å². The van der Waals surface area contributed by atoms with Crippen molar-refractivity contribution in [3.05, 3.63) is 41.5 Å². The van der Waals surface area contributed by atoms with E-state index in [2.05, 4.69) is 25.9 Å². The largest absolute Gasteiger partial charge is 0.353 e. The van der Waals surface area contributed by atoms with Gasteiger partial charge in [0.05, 0.1) is 11.6 Å². The Kier molecular flexibility index (Phi) is 4.51. The first kappa shape index (κ1) is 16.1. The van der Waals surface area contributed by atoms with Gasteiger partial charge >= 0.3 is 0 Å². The number of nitrogens with zero attached hydrogens (tertiary/aromatic N) is 6. The van der Waals surface area contributed by atoms with Gasteiger partial charge in [0.25, 0.3) is 6.43 Å². The second kappa shape index (κ2) is 6.74. The molecule has 1 aliphatic heterocycles. The van der Waals surface area contributed by atoms with Crippen LogP contribution in [-0.2, 0) is 0 Å². The van der Waals surface area contributed by atoms with E-state index in [9.17, 15) is 8.78 Å². The molecule has 1 aliphatic rings. The molecule has 0 spiro atoms. The van der Waals surface area contributed by atoms with E-state index >= 15 is 0 Å². The smallest absolute Gasteiger partial charge is 0.280 e. The topological polar surface area (TPSA) is 68.9 Å². The fourth-order valence-corrected chi connectivity index (χ4v) is 2.67. The summed E-state index contributed by atoms with van der Waals surface area (Å²) in [4.78, 5) is 16.4. The van der Waals surface area contributed by atoms with Gasteiger partial charge in [-0.1, -0.05) is 0 Å². The molecule has 1 fully saturated rings. The van der Waals surface area contributed by atoms with Crippen LogP contribution in [0, 0.1) is 18.3 Å². The third-order valence-electron chi connectivity index (χ3n) is 3.87. The summed E-state index contributed by atoms with van der Waals surface area (Å²) in [6.07, 6.45) is -0.993. The second-order valence-electron chi connectivity index (χ2n) is 5.49. The van der Waals surface area contributed by atoms with Gasteiger partial charge in [-0.25, -0.2) is 23.7 Å². The van der Waals surface area contributed by atoms with Gasteiger partial charge in [0.15, 0.2) is 0 Å². The molecule has 3 heterocycles. The predicted molar refractivity (Wildman–Crippen MR) is 85.1 cm³/mol. The van der Waals surface area contributed by atoms with Crippen molar-refractivity contribution < 1.29 is 8.78 Å². The zero-order chi connectivity index (χ0) is 17.1. The lowest BCUT2D eigenvalue weighted by molar-refractivity contribution is 0.145. The fraction of sp³-hybridized carbons (Fsp3) is 0.375. The minimum absolute atomic E-state index is 0.247. The molecule has 0 radical (unpaired) electrons. The molecule has 124 valence electrons. The van der Waals surface area contributed by atoms with Crippen LogP contribution in [0.25, 0.3) is 0 Å². The molecule has 0 atom stereocenters. The number of piperazine rings is 1. The van der Waals surface area contributed by atoms with Crippen LogP contribution in [0.1, 0.15) is 23.5 Å². The Bertz CT molecular complexity index is 765. The zero-order valence-corrected chi connectivity index (χ0v) is 13.2. The molecule has 0 amide bonds. The number of nitriles is 1. The maximum absolute atomic E-state index is 12.9. The Morgan fingerprint density at radius 1 is 1.08 bits per heavy atom. The molecule has 0 unspecified atom stereocenters. The van der Waals surface area contributed by atoms with Gasteiger partial charge in [-0.3, -0.25) is 0 Å². The normalized spacial score (nSPS) is 14.8. The number of aryl methyl sites for hydroxylation is 1. The molecule has 2 aromatic rings. The van der Waals surface area contributed by atoms with E-state index in [0.29, 0.717) is 43.4 Å². The van der Waals surface area contributed by atoms with E-state index in [1.807, 2.05) is 4.90 Å². The third-order valence-corrected chi connectivity index (χ3v) is 3.87. The van der Waals surface area contributed by atoms with Crippen LogP contribution in [-0.4, -0.2) is 41.1 Å². The lowest BCUT2D eigenvalue weighted by atomic mass is 10.2. The second-order valence-corrected chi connectivity index (χ2v) is 5.49. The van der Waals surface area contributed by atoms with Crippen molar-refractivity contribution in [2.24, 2.45) is 0 Å². The molecule has 24 heavy (non-hydrogen) atoms. The quantitative estimate of drug-likeness (QED) is 0.860. The van der Waals surface area contributed by atoms with Crippen LogP contribution in [0.15, 0.2) is 24.4 Å². The maximum Gasteiger partial charge on any atom is 0.280 e. The van der Waals surface area contributed by atoms with Crippen molar-refractivity contribution in [2.45, 2.75) is 13.3 Å². The minimum atomic E-state index is -2.61. The van der Waals surface area contributed by atoms with Gasteiger partial charge in [0.1, 0.15) is 23.2 Å². The van der Waals surface area contributed by atoms with Crippen molar-refractivity contribution >= 4 is 11.6 Å². The zero-order valence-electron chi connectivity index (χ0n) is 13.2. The Hall–Kier alpha value is -2.82.